The second-order valence-electron chi connectivity index (χ2n) is 5.81. The van der Waals surface area contributed by atoms with Gasteiger partial charge in [0.15, 0.2) is 0 Å². The van der Waals surface area contributed by atoms with Crippen molar-refractivity contribution in [3.05, 3.63) is 65.0 Å². The van der Waals surface area contributed by atoms with Crippen LogP contribution in [0.4, 0.5) is 0 Å². The summed E-state index contributed by atoms with van der Waals surface area (Å²) in [6, 6.07) is 11.2. The van der Waals surface area contributed by atoms with Crippen LogP contribution in [0.1, 0.15) is 54.5 Å². The number of pyridine rings is 1. The minimum absolute atomic E-state index is 0.341. The van der Waals surface area contributed by atoms with E-state index in [0.29, 0.717) is 12.0 Å². The number of aromatic nitrogens is 1. The predicted octanol–water partition coefficient (Wildman–Crippen LogP) is 4.54. The smallest absolute Gasteiger partial charge is 0.0392 e. The lowest BCUT2D eigenvalue weighted by Gasteiger charge is -2.29. The lowest BCUT2D eigenvalue weighted by Crippen LogP contribution is -2.28. The molecule has 0 saturated heterocycles. The van der Waals surface area contributed by atoms with Crippen LogP contribution in [-0.2, 0) is 0 Å². The molecule has 2 atom stereocenters. The highest BCUT2D eigenvalue weighted by atomic mass is 14.9. The first-order valence-electron chi connectivity index (χ1n) is 7.84. The van der Waals surface area contributed by atoms with E-state index in [0.717, 1.165) is 13.0 Å². The molecule has 0 bridgehead atoms. The van der Waals surface area contributed by atoms with Crippen LogP contribution in [0, 0.1) is 13.8 Å². The fourth-order valence-corrected chi connectivity index (χ4v) is 3.01. The van der Waals surface area contributed by atoms with E-state index in [2.05, 4.69) is 68.3 Å². The van der Waals surface area contributed by atoms with Gasteiger partial charge in [-0.2, -0.15) is 0 Å². The molecule has 112 valence electrons. The Morgan fingerprint density at radius 2 is 1.67 bits per heavy atom. The summed E-state index contributed by atoms with van der Waals surface area (Å²) in [5.41, 5.74) is 5.51. The number of hydrogen-bond acceptors (Lipinski definition) is 2. The van der Waals surface area contributed by atoms with Gasteiger partial charge in [-0.15, -0.1) is 0 Å². The summed E-state index contributed by atoms with van der Waals surface area (Å²) in [6.45, 7) is 9.97. The van der Waals surface area contributed by atoms with Gasteiger partial charge in [0.05, 0.1) is 0 Å². The Balaban J connectivity index is 2.39. The molecule has 1 heterocycles. The van der Waals surface area contributed by atoms with Crippen LogP contribution >= 0.6 is 0 Å². The van der Waals surface area contributed by atoms with Crippen molar-refractivity contribution in [3.8, 4) is 0 Å². The van der Waals surface area contributed by atoms with Gasteiger partial charge in [0, 0.05) is 24.4 Å². The third kappa shape index (κ3) is 3.70. The molecule has 0 spiro atoms. The molecule has 2 unspecified atom stereocenters. The lowest BCUT2D eigenvalue weighted by molar-refractivity contribution is 0.462. The van der Waals surface area contributed by atoms with Crippen molar-refractivity contribution in [1.82, 2.24) is 10.3 Å². The summed E-state index contributed by atoms with van der Waals surface area (Å²) in [7, 11) is 0. The van der Waals surface area contributed by atoms with Crippen LogP contribution in [0.15, 0.2) is 42.7 Å². The third-order valence-electron chi connectivity index (χ3n) is 4.20. The molecule has 0 fully saturated rings. The van der Waals surface area contributed by atoms with E-state index in [4.69, 9.17) is 0 Å². The van der Waals surface area contributed by atoms with Crippen molar-refractivity contribution in [3.63, 3.8) is 0 Å². The summed E-state index contributed by atoms with van der Waals surface area (Å²) < 4.78 is 0. The highest BCUT2D eigenvalue weighted by Gasteiger charge is 2.23. The van der Waals surface area contributed by atoms with Crippen LogP contribution in [-0.4, -0.2) is 11.5 Å². The van der Waals surface area contributed by atoms with Crippen molar-refractivity contribution in [2.75, 3.05) is 6.54 Å². The first-order valence-corrected chi connectivity index (χ1v) is 7.84. The van der Waals surface area contributed by atoms with Gasteiger partial charge in [-0.25, -0.2) is 0 Å². The lowest BCUT2D eigenvalue weighted by atomic mass is 9.84. The monoisotopic (exact) mass is 282 g/mol. The van der Waals surface area contributed by atoms with Crippen molar-refractivity contribution in [1.29, 1.82) is 0 Å². The first kappa shape index (κ1) is 15.7. The minimum atomic E-state index is 0.341. The maximum atomic E-state index is 4.14. The van der Waals surface area contributed by atoms with Crippen LogP contribution < -0.4 is 5.32 Å². The number of aryl methyl sites for hydroxylation is 2. The zero-order chi connectivity index (χ0) is 15.2. The van der Waals surface area contributed by atoms with E-state index in [1.54, 1.807) is 0 Å². The average molecular weight is 282 g/mol. The second-order valence-corrected chi connectivity index (χ2v) is 5.81. The summed E-state index contributed by atoms with van der Waals surface area (Å²) >= 11 is 0. The average Bonchev–Trinajstić information content (AvgIpc) is 2.50. The molecule has 0 radical (unpaired) electrons. The molecule has 21 heavy (non-hydrogen) atoms. The van der Waals surface area contributed by atoms with E-state index in [1.165, 1.54) is 22.3 Å². The molecule has 0 amide bonds. The SMILES string of the molecule is CCCNC(c1c(C)cccc1C)C(C)c1ccncc1. The highest BCUT2D eigenvalue weighted by Crippen LogP contribution is 2.33. The van der Waals surface area contributed by atoms with Gasteiger partial charge in [-0.05, 0) is 61.2 Å². The molecule has 2 aromatic rings. The topological polar surface area (TPSA) is 24.9 Å². The fraction of sp³-hybridized carbons (Fsp3) is 0.421. The second kappa shape index (κ2) is 7.37. The Morgan fingerprint density at radius 1 is 1.05 bits per heavy atom. The van der Waals surface area contributed by atoms with Gasteiger partial charge in [0.2, 0.25) is 0 Å². The summed E-state index contributed by atoms with van der Waals surface area (Å²) in [5.74, 6) is 0.416. The number of benzene rings is 1. The molecule has 0 aliphatic rings. The van der Waals surface area contributed by atoms with E-state index < -0.39 is 0 Å². The molecule has 0 saturated carbocycles. The fourth-order valence-electron chi connectivity index (χ4n) is 3.01. The Bertz CT molecular complexity index is 543. The first-order chi connectivity index (χ1) is 10.1. The molecule has 1 N–H and O–H groups in total. The Morgan fingerprint density at radius 3 is 2.24 bits per heavy atom. The zero-order valence-electron chi connectivity index (χ0n) is 13.6. The number of rotatable bonds is 6. The van der Waals surface area contributed by atoms with Gasteiger partial charge in [0.1, 0.15) is 0 Å². The highest BCUT2D eigenvalue weighted by molar-refractivity contribution is 5.38. The van der Waals surface area contributed by atoms with Gasteiger partial charge < -0.3 is 5.32 Å². The number of nitrogens with one attached hydrogen (secondary N) is 1. The van der Waals surface area contributed by atoms with Crippen molar-refractivity contribution in [2.45, 2.75) is 46.1 Å². The molecule has 2 nitrogen and oxygen atoms in total. The largest absolute Gasteiger partial charge is 0.309 e. The maximum Gasteiger partial charge on any atom is 0.0392 e. The molecule has 1 aromatic carbocycles. The number of hydrogen-bond donors (Lipinski definition) is 1. The van der Waals surface area contributed by atoms with Crippen LogP contribution in [0.3, 0.4) is 0 Å². The predicted molar refractivity (Wildman–Crippen MR) is 89.6 cm³/mol. The summed E-state index contributed by atoms with van der Waals surface area (Å²) in [4.78, 5) is 4.14. The molecule has 0 aliphatic carbocycles. The van der Waals surface area contributed by atoms with Gasteiger partial charge in [0.25, 0.3) is 0 Å². The van der Waals surface area contributed by atoms with Gasteiger partial charge in [-0.3, -0.25) is 4.98 Å². The quantitative estimate of drug-likeness (QED) is 0.841. The van der Waals surface area contributed by atoms with Crippen molar-refractivity contribution >= 4 is 0 Å². The normalized spacial score (nSPS) is 13.9. The van der Waals surface area contributed by atoms with Crippen molar-refractivity contribution in [2.24, 2.45) is 0 Å². The van der Waals surface area contributed by atoms with E-state index in [1.807, 2.05) is 12.4 Å². The van der Waals surface area contributed by atoms with Crippen LogP contribution in [0.5, 0.6) is 0 Å². The molecule has 1 aromatic heterocycles. The zero-order valence-corrected chi connectivity index (χ0v) is 13.6. The van der Waals surface area contributed by atoms with Crippen LogP contribution in [0.2, 0.25) is 0 Å². The number of nitrogens with zero attached hydrogens (tertiary/aromatic N) is 1. The molecule has 2 heteroatoms. The van der Waals surface area contributed by atoms with E-state index in [9.17, 15) is 0 Å². The van der Waals surface area contributed by atoms with Gasteiger partial charge in [-0.1, -0.05) is 32.0 Å². The van der Waals surface area contributed by atoms with E-state index in [-0.39, 0.29) is 0 Å². The Labute approximate surface area is 128 Å². The molecule has 0 aliphatic heterocycles. The molecular formula is C19H26N2. The molecule has 2 rings (SSSR count). The minimum Gasteiger partial charge on any atom is -0.309 e. The third-order valence-corrected chi connectivity index (χ3v) is 4.20. The Kier molecular flexibility index (Phi) is 5.51. The van der Waals surface area contributed by atoms with Crippen LogP contribution in [0.25, 0.3) is 0 Å². The maximum absolute atomic E-state index is 4.14. The van der Waals surface area contributed by atoms with E-state index >= 15 is 0 Å². The Hall–Kier alpha value is -1.67. The summed E-state index contributed by atoms with van der Waals surface area (Å²) in [5, 5.41) is 3.75. The van der Waals surface area contributed by atoms with Crippen molar-refractivity contribution < 1.29 is 0 Å². The molecular weight excluding hydrogens is 256 g/mol. The standard InChI is InChI=1S/C19H26N2/c1-5-11-21-19(16(4)17-9-12-20-13-10-17)18-14(2)7-6-8-15(18)3/h6-10,12-13,16,19,21H,5,11H2,1-4H3. The summed E-state index contributed by atoms with van der Waals surface area (Å²) in [6.07, 6.45) is 4.91. The van der Waals surface area contributed by atoms with Gasteiger partial charge >= 0.3 is 0 Å².